The van der Waals surface area contributed by atoms with Crippen molar-refractivity contribution in [1.82, 2.24) is 5.32 Å². The molecular formula is C7H15BN2O. The molecule has 0 aliphatic rings. The minimum Gasteiger partial charge on any atom is -0.395 e. The van der Waals surface area contributed by atoms with Crippen molar-refractivity contribution in [1.29, 1.82) is 5.26 Å². The molecule has 4 heteroatoms. The maximum absolute atomic E-state index is 8.65. The van der Waals surface area contributed by atoms with Gasteiger partial charge in [-0.1, -0.05) is 13.2 Å². The molecule has 0 aliphatic carbocycles. The number of nitrogens with zero attached hydrogens (tertiary/aromatic N) is 1. The van der Waals surface area contributed by atoms with Gasteiger partial charge in [-0.25, -0.2) is 0 Å². The number of aliphatic hydroxyl groups excluding tert-OH is 1. The second-order valence-corrected chi connectivity index (χ2v) is 2.73. The third kappa shape index (κ3) is 4.82. The minimum atomic E-state index is -0.260. The van der Waals surface area contributed by atoms with Crippen LogP contribution in [0.3, 0.4) is 0 Å². The van der Waals surface area contributed by atoms with Crippen LogP contribution < -0.4 is 5.32 Å². The first-order valence-electron chi connectivity index (χ1n) is 3.98. The van der Waals surface area contributed by atoms with Gasteiger partial charge < -0.3 is 10.4 Å². The molecule has 0 bridgehead atoms. The number of aliphatic hydroxyl groups is 1. The second kappa shape index (κ2) is 6.20. The maximum Gasteiger partial charge on any atom is 0.103 e. The van der Waals surface area contributed by atoms with Crippen LogP contribution in [0.4, 0.5) is 0 Å². The first kappa shape index (κ1) is 10.5. The summed E-state index contributed by atoms with van der Waals surface area (Å²) in [5, 5.41) is 20.3. The van der Waals surface area contributed by atoms with E-state index in [9.17, 15) is 0 Å². The average Bonchev–Trinajstić information content (AvgIpc) is 2.06. The van der Waals surface area contributed by atoms with E-state index in [1.807, 2.05) is 6.07 Å². The van der Waals surface area contributed by atoms with Crippen molar-refractivity contribution >= 4 is 7.85 Å². The summed E-state index contributed by atoms with van der Waals surface area (Å²) in [6.07, 6.45) is 1.05. The Hall–Kier alpha value is -0.525. The number of rotatable bonds is 5. The van der Waals surface area contributed by atoms with Crippen molar-refractivity contribution < 1.29 is 5.11 Å². The van der Waals surface area contributed by atoms with Gasteiger partial charge in [0, 0.05) is 6.54 Å². The highest BCUT2D eigenvalue weighted by atomic mass is 16.3. The number of nitriles is 1. The van der Waals surface area contributed by atoms with Crippen LogP contribution in [0.15, 0.2) is 0 Å². The maximum atomic E-state index is 8.65. The van der Waals surface area contributed by atoms with E-state index >= 15 is 0 Å². The van der Waals surface area contributed by atoms with E-state index in [-0.39, 0.29) is 12.5 Å². The van der Waals surface area contributed by atoms with Crippen LogP contribution in [0.25, 0.3) is 0 Å². The van der Waals surface area contributed by atoms with Gasteiger partial charge in [0.1, 0.15) is 7.85 Å². The summed E-state index contributed by atoms with van der Waals surface area (Å²) in [6.45, 7) is 2.59. The Bertz CT molecular complexity index is 135. The largest absolute Gasteiger partial charge is 0.395 e. The normalized spacial score (nSPS) is 15.4. The highest BCUT2D eigenvalue weighted by molar-refractivity contribution is 6.08. The van der Waals surface area contributed by atoms with Crippen molar-refractivity contribution in [3.05, 3.63) is 0 Å². The summed E-state index contributed by atoms with van der Waals surface area (Å²) in [7, 11) is 2.08. The van der Waals surface area contributed by atoms with Crippen LogP contribution in [-0.2, 0) is 0 Å². The smallest absolute Gasteiger partial charge is 0.103 e. The van der Waals surface area contributed by atoms with E-state index in [4.69, 9.17) is 10.4 Å². The SMILES string of the molecule is BCC(C)NCC(C#N)CO. The number of hydrogen-bond acceptors (Lipinski definition) is 3. The van der Waals surface area contributed by atoms with E-state index in [0.717, 1.165) is 6.32 Å². The van der Waals surface area contributed by atoms with Crippen LogP contribution in [0.5, 0.6) is 0 Å². The second-order valence-electron chi connectivity index (χ2n) is 2.73. The van der Waals surface area contributed by atoms with E-state index in [2.05, 4.69) is 20.1 Å². The molecular weight excluding hydrogens is 139 g/mol. The van der Waals surface area contributed by atoms with Crippen LogP contribution >= 0.6 is 0 Å². The van der Waals surface area contributed by atoms with E-state index in [1.54, 1.807) is 0 Å². The predicted molar refractivity (Wildman–Crippen MR) is 47.0 cm³/mol. The molecule has 0 radical (unpaired) electrons. The molecule has 3 nitrogen and oxygen atoms in total. The molecule has 0 aliphatic heterocycles. The molecule has 0 fully saturated rings. The summed E-state index contributed by atoms with van der Waals surface area (Å²) in [4.78, 5) is 0. The molecule has 2 N–H and O–H groups in total. The molecule has 0 spiro atoms. The average molecular weight is 154 g/mol. The fourth-order valence-electron chi connectivity index (χ4n) is 0.639. The molecule has 2 atom stereocenters. The first-order chi connectivity index (χ1) is 5.24. The summed E-state index contributed by atoms with van der Waals surface area (Å²) < 4.78 is 0. The van der Waals surface area contributed by atoms with Gasteiger partial charge in [0.2, 0.25) is 0 Å². The molecule has 0 heterocycles. The molecule has 0 saturated heterocycles. The molecule has 2 unspecified atom stereocenters. The molecule has 62 valence electrons. The molecule has 0 rings (SSSR count). The Labute approximate surface area is 68.8 Å². The third-order valence-corrected chi connectivity index (χ3v) is 1.73. The zero-order valence-electron chi connectivity index (χ0n) is 7.17. The Morgan fingerprint density at radius 2 is 2.36 bits per heavy atom. The predicted octanol–water partition coefficient (Wildman–Crippen LogP) is -0.852. The van der Waals surface area contributed by atoms with E-state index in [0.29, 0.717) is 12.6 Å². The lowest BCUT2D eigenvalue weighted by Crippen LogP contribution is -2.31. The van der Waals surface area contributed by atoms with E-state index < -0.39 is 0 Å². The molecule has 0 aromatic carbocycles. The van der Waals surface area contributed by atoms with Gasteiger partial charge in [-0.2, -0.15) is 5.26 Å². The lowest BCUT2D eigenvalue weighted by atomic mass is 9.98. The van der Waals surface area contributed by atoms with Crippen LogP contribution in [0.1, 0.15) is 6.92 Å². The number of nitrogens with one attached hydrogen (secondary N) is 1. The Morgan fingerprint density at radius 1 is 1.73 bits per heavy atom. The molecule has 0 aromatic heterocycles. The van der Waals surface area contributed by atoms with Crippen LogP contribution in [-0.4, -0.2) is 32.1 Å². The van der Waals surface area contributed by atoms with Gasteiger partial charge in [0.05, 0.1) is 18.6 Å². The zero-order chi connectivity index (χ0) is 8.69. The van der Waals surface area contributed by atoms with Gasteiger partial charge in [-0.15, -0.1) is 0 Å². The zero-order valence-corrected chi connectivity index (χ0v) is 7.17. The summed E-state index contributed by atoms with van der Waals surface area (Å²) >= 11 is 0. The standard InChI is InChI=1S/C7H15BN2O/c1-6(2-8)10-4-7(3-9)5-11/h6-7,10-11H,2,4-5,8H2,1H3. The Morgan fingerprint density at radius 3 is 2.73 bits per heavy atom. The molecule has 0 amide bonds. The quantitative estimate of drug-likeness (QED) is 0.507. The van der Waals surface area contributed by atoms with Crippen molar-refractivity contribution in [3.63, 3.8) is 0 Å². The van der Waals surface area contributed by atoms with Crippen molar-refractivity contribution in [3.8, 4) is 6.07 Å². The highest BCUT2D eigenvalue weighted by Crippen LogP contribution is 1.92. The van der Waals surface area contributed by atoms with Crippen LogP contribution in [0, 0.1) is 17.2 Å². The summed E-state index contributed by atoms with van der Waals surface area (Å²) in [6, 6.07) is 2.45. The molecule has 0 saturated carbocycles. The molecule has 0 aromatic rings. The van der Waals surface area contributed by atoms with Crippen LogP contribution in [0.2, 0.25) is 6.32 Å². The van der Waals surface area contributed by atoms with Gasteiger partial charge in [0.15, 0.2) is 0 Å². The fraction of sp³-hybridized carbons (Fsp3) is 0.857. The van der Waals surface area contributed by atoms with Gasteiger partial charge in [-0.05, 0) is 6.04 Å². The number of hydrogen-bond donors (Lipinski definition) is 2. The minimum absolute atomic E-state index is 0.0556. The van der Waals surface area contributed by atoms with E-state index in [1.165, 1.54) is 0 Å². The lowest BCUT2D eigenvalue weighted by molar-refractivity contribution is 0.250. The molecule has 11 heavy (non-hydrogen) atoms. The summed E-state index contributed by atoms with van der Waals surface area (Å²) in [5.41, 5.74) is 0. The highest BCUT2D eigenvalue weighted by Gasteiger charge is 2.05. The Kier molecular flexibility index (Phi) is 5.91. The monoisotopic (exact) mass is 154 g/mol. The fourth-order valence-corrected chi connectivity index (χ4v) is 0.639. The summed E-state index contributed by atoms with van der Waals surface area (Å²) in [5.74, 6) is -0.260. The first-order valence-corrected chi connectivity index (χ1v) is 3.98. The van der Waals surface area contributed by atoms with Gasteiger partial charge in [-0.3, -0.25) is 0 Å². The van der Waals surface area contributed by atoms with Crippen molar-refractivity contribution in [2.24, 2.45) is 5.92 Å². The third-order valence-electron chi connectivity index (χ3n) is 1.73. The lowest BCUT2D eigenvalue weighted by Gasteiger charge is -2.12. The van der Waals surface area contributed by atoms with Gasteiger partial charge >= 0.3 is 0 Å². The Balaban J connectivity index is 3.44. The van der Waals surface area contributed by atoms with Crippen molar-refractivity contribution in [2.75, 3.05) is 13.2 Å². The van der Waals surface area contributed by atoms with Gasteiger partial charge in [0.25, 0.3) is 0 Å². The topological polar surface area (TPSA) is 56.0 Å². The van der Waals surface area contributed by atoms with Crippen molar-refractivity contribution in [2.45, 2.75) is 19.3 Å².